The molecule has 0 aromatic heterocycles. The molecule has 322 valence electrons. The number of ether oxygens (including phenoxy) is 1. The van der Waals surface area contributed by atoms with Crippen LogP contribution in [-0.2, 0) is 51.3 Å². The molecule has 18 heteroatoms. The number of halogens is 2. The van der Waals surface area contributed by atoms with Crippen LogP contribution in [0.4, 0.5) is 16.2 Å². The zero-order valence-electron chi connectivity index (χ0n) is 33.3. The highest BCUT2D eigenvalue weighted by Crippen LogP contribution is 2.40. The highest BCUT2D eigenvalue weighted by Gasteiger charge is 2.42. The lowest BCUT2D eigenvalue weighted by atomic mass is 9.82. The molecule has 61 heavy (non-hydrogen) atoms. The largest absolute Gasteiger partial charge is 0.480 e. The van der Waals surface area contributed by atoms with Crippen LogP contribution in [0.25, 0.3) is 0 Å². The lowest BCUT2D eigenvalue weighted by Crippen LogP contribution is -2.54. The fourth-order valence-electron chi connectivity index (χ4n) is 5.94. The maximum atomic E-state index is 13.4. The van der Waals surface area contributed by atoms with Crippen molar-refractivity contribution in [1.29, 1.82) is 0 Å². The second-order valence-electron chi connectivity index (χ2n) is 13.7. The number of rotatable bonds is 17. The van der Waals surface area contributed by atoms with Crippen molar-refractivity contribution in [2.45, 2.75) is 64.6 Å². The predicted molar refractivity (Wildman–Crippen MR) is 225 cm³/mol. The van der Waals surface area contributed by atoms with Gasteiger partial charge < -0.3 is 41.3 Å². The first-order chi connectivity index (χ1) is 28.8. The molecule has 4 amide bonds. The highest BCUT2D eigenvalue weighted by atomic mass is 35.5. The number of hydrogen-bond donors (Lipinski definition) is 7. The Kier molecular flexibility index (Phi) is 18.4. The SMILES string of the molecule is CC(=O)Nc1cccc(Cl)c1C(C(=O)O)C(=O)C(C(=O)O)c1c(Cl)cccc1NC(C)=O.CC(C)[C@H](NC(=O)OCc1ccccc1)C(=O)N[C@@H](Cc1ccccc1)C(=O)O. The fraction of sp³-hybridized carbons (Fsp3) is 0.256. The minimum absolute atomic E-state index is 0.0591. The predicted octanol–water partition coefficient (Wildman–Crippen LogP) is 6.27. The van der Waals surface area contributed by atoms with Crippen LogP contribution < -0.4 is 21.3 Å². The van der Waals surface area contributed by atoms with Gasteiger partial charge in [0.15, 0.2) is 5.78 Å². The van der Waals surface area contributed by atoms with Crippen LogP contribution in [0.3, 0.4) is 0 Å². The highest BCUT2D eigenvalue weighted by molar-refractivity contribution is 6.34. The molecular weight excluding hydrogens is 835 g/mol. The molecular formula is C43H44Cl2N4O12. The summed E-state index contributed by atoms with van der Waals surface area (Å²) in [6, 6.07) is 24.3. The number of aliphatic carboxylic acids is 3. The third kappa shape index (κ3) is 14.5. The van der Waals surface area contributed by atoms with Crippen molar-refractivity contribution in [1.82, 2.24) is 10.6 Å². The van der Waals surface area contributed by atoms with Crippen LogP contribution in [0.1, 0.15) is 61.8 Å². The summed E-state index contributed by atoms with van der Waals surface area (Å²) in [7, 11) is 0. The van der Waals surface area contributed by atoms with Gasteiger partial charge in [-0.2, -0.15) is 0 Å². The maximum Gasteiger partial charge on any atom is 0.408 e. The molecule has 0 radical (unpaired) electrons. The van der Waals surface area contributed by atoms with Gasteiger partial charge in [0.05, 0.1) is 0 Å². The summed E-state index contributed by atoms with van der Waals surface area (Å²) in [6.45, 7) is 5.94. The van der Waals surface area contributed by atoms with Crippen LogP contribution in [-0.4, -0.2) is 74.9 Å². The van der Waals surface area contributed by atoms with Crippen molar-refractivity contribution in [2.75, 3.05) is 10.6 Å². The third-order valence-electron chi connectivity index (χ3n) is 8.70. The molecule has 0 saturated carbocycles. The fourth-order valence-corrected chi connectivity index (χ4v) is 6.51. The van der Waals surface area contributed by atoms with Crippen molar-refractivity contribution >= 4 is 82.1 Å². The molecule has 0 saturated heterocycles. The number of anilines is 2. The van der Waals surface area contributed by atoms with Crippen LogP contribution in [0, 0.1) is 5.92 Å². The van der Waals surface area contributed by atoms with E-state index in [1.165, 1.54) is 50.2 Å². The normalized spacial score (nSPS) is 12.5. The lowest BCUT2D eigenvalue weighted by Gasteiger charge is -2.24. The van der Waals surface area contributed by atoms with Crippen molar-refractivity contribution in [2.24, 2.45) is 5.92 Å². The maximum absolute atomic E-state index is 13.4. The van der Waals surface area contributed by atoms with E-state index in [4.69, 9.17) is 27.9 Å². The van der Waals surface area contributed by atoms with Gasteiger partial charge in [-0.15, -0.1) is 0 Å². The molecule has 0 aliphatic heterocycles. The molecule has 4 rings (SSSR count). The number of carboxylic acids is 3. The third-order valence-corrected chi connectivity index (χ3v) is 9.36. The Labute approximate surface area is 360 Å². The molecule has 4 aromatic carbocycles. The van der Waals surface area contributed by atoms with Crippen LogP contribution in [0.15, 0.2) is 97.1 Å². The summed E-state index contributed by atoms with van der Waals surface area (Å²) >= 11 is 12.3. The first kappa shape index (κ1) is 48.6. The number of amides is 4. The second-order valence-corrected chi connectivity index (χ2v) is 14.5. The van der Waals surface area contributed by atoms with E-state index in [2.05, 4.69) is 21.3 Å². The number of hydrogen-bond acceptors (Lipinski definition) is 9. The van der Waals surface area contributed by atoms with Gasteiger partial charge in [-0.25, -0.2) is 9.59 Å². The van der Waals surface area contributed by atoms with Crippen molar-refractivity contribution in [3.63, 3.8) is 0 Å². The van der Waals surface area contributed by atoms with E-state index in [1.807, 2.05) is 36.4 Å². The lowest BCUT2D eigenvalue weighted by molar-refractivity contribution is -0.147. The molecule has 16 nitrogen and oxygen atoms in total. The molecule has 0 bridgehead atoms. The number of carbonyl (C=O) groups is 8. The van der Waals surface area contributed by atoms with Gasteiger partial charge in [-0.3, -0.25) is 28.8 Å². The Bertz CT molecular complexity index is 2150. The summed E-state index contributed by atoms with van der Waals surface area (Å²) in [5.74, 6) is -11.9. The Morgan fingerprint density at radius 2 is 1.03 bits per heavy atom. The average Bonchev–Trinajstić information content (AvgIpc) is 3.18. The first-order valence-corrected chi connectivity index (χ1v) is 19.2. The van der Waals surface area contributed by atoms with E-state index in [-0.39, 0.29) is 51.5 Å². The van der Waals surface area contributed by atoms with Gasteiger partial charge >= 0.3 is 24.0 Å². The van der Waals surface area contributed by atoms with Crippen molar-refractivity contribution < 1.29 is 58.4 Å². The Balaban J connectivity index is 0.000000327. The number of alkyl carbamates (subject to hydrolysis) is 1. The minimum atomic E-state index is -2.06. The van der Waals surface area contributed by atoms with E-state index in [1.54, 1.807) is 38.1 Å². The number of Topliss-reactive ketones (excluding diaryl/α,β-unsaturated/α-hetero) is 1. The topological polar surface area (TPSA) is 255 Å². The Morgan fingerprint density at radius 1 is 0.590 bits per heavy atom. The molecule has 4 atom stereocenters. The van der Waals surface area contributed by atoms with Gasteiger partial charge in [0.1, 0.15) is 30.5 Å². The molecule has 0 heterocycles. The van der Waals surface area contributed by atoms with E-state index in [0.29, 0.717) is 0 Å². The average molecular weight is 880 g/mol. The van der Waals surface area contributed by atoms with Crippen LogP contribution >= 0.6 is 23.2 Å². The van der Waals surface area contributed by atoms with Gasteiger partial charge in [-0.05, 0) is 41.3 Å². The Hall–Kier alpha value is -6.78. The summed E-state index contributed by atoms with van der Waals surface area (Å²) < 4.78 is 5.16. The van der Waals surface area contributed by atoms with Gasteiger partial charge in [0.25, 0.3) is 0 Å². The van der Waals surface area contributed by atoms with Gasteiger partial charge in [0.2, 0.25) is 17.7 Å². The summed E-state index contributed by atoms with van der Waals surface area (Å²) in [6.07, 6.45) is -0.594. The summed E-state index contributed by atoms with van der Waals surface area (Å²) in [5.41, 5.74) is 0.938. The first-order valence-electron chi connectivity index (χ1n) is 18.5. The summed E-state index contributed by atoms with van der Waals surface area (Å²) in [5, 5.41) is 38.7. The molecule has 0 spiro atoms. The van der Waals surface area contributed by atoms with E-state index < -0.39 is 71.4 Å². The number of carbonyl (C=O) groups excluding carboxylic acids is 5. The number of carboxylic acid groups (broad SMARTS) is 3. The molecule has 0 aliphatic rings. The number of nitrogens with one attached hydrogen (secondary N) is 4. The summed E-state index contributed by atoms with van der Waals surface area (Å²) in [4.78, 5) is 97.2. The zero-order chi connectivity index (χ0) is 45.4. The molecule has 0 aliphatic carbocycles. The van der Waals surface area contributed by atoms with Crippen molar-refractivity contribution in [3.05, 3.63) is 129 Å². The monoisotopic (exact) mass is 878 g/mol. The quantitative estimate of drug-likeness (QED) is 0.0580. The number of ketones is 1. The van der Waals surface area contributed by atoms with E-state index in [9.17, 15) is 53.7 Å². The van der Waals surface area contributed by atoms with Crippen LogP contribution in [0.5, 0.6) is 0 Å². The number of benzene rings is 4. The molecule has 0 fully saturated rings. The smallest absolute Gasteiger partial charge is 0.408 e. The molecule has 7 N–H and O–H groups in total. The zero-order valence-corrected chi connectivity index (χ0v) is 34.8. The van der Waals surface area contributed by atoms with Gasteiger partial charge in [-0.1, -0.05) is 110 Å². The molecule has 2 unspecified atom stereocenters. The van der Waals surface area contributed by atoms with Crippen molar-refractivity contribution in [3.8, 4) is 0 Å². The standard InChI is InChI=1S/C22H26N2O5.C21H18Cl2N2O7/c1-15(2)19(24-22(28)29-14-17-11-7-4-8-12-17)20(25)23-18(21(26)27)13-16-9-5-3-6-10-16;1-9(26)24-13-7-3-5-11(22)15(13)17(20(29)30)19(28)18(21(31)32)16-12(23)6-4-8-14(16)25-10(2)27/h3-12,15,18-19H,13-14H2,1-2H3,(H,23,25)(H,24,28)(H,26,27);3-8,17-18H,1-2H3,(H,24,26)(H,25,27)(H,29,30)(H,31,32)/t18-,19-;/m0./s1. The Morgan fingerprint density at radius 3 is 1.43 bits per heavy atom. The van der Waals surface area contributed by atoms with E-state index >= 15 is 0 Å². The second kappa shape index (κ2) is 23.1. The van der Waals surface area contributed by atoms with E-state index in [0.717, 1.165) is 11.1 Å². The van der Waals surface area contributed by atoms with Crippen LogP contribution in [0.2, 0.25) is 10.0 Å². The minimum Gasteiger partial charge on any atom is -0.480 e. The molecule has 4 aromatic rings. The van der Waals surface area contributed by atoms with Gasteiger partial charge in [0, 0.05) is 52.8 Å².